The normalized spacial score (nSPS) is 18.7. The Morgan fingerprint density at radius 2 is 1.75 bits per heavy atom. The molecule has 1 unspecified atom stereocenters. The molecule has 0 bridgehead atoms. The van der Waals surface area contributed by atoms with Gasteiger partial charge in [0, 0.05) is 30.3 Å². The van der Waals surface area contributed by atoms with Crippen LogP contribution in [0.1, 0.15) is 64.7 Å². The van der Waals surface area contributed by atoms with E-state index in [0.717, 1.165) is 89.8 Å². The highest BCUT2D eigenvalue weighted by Crippen LogP contribution is 2.31. The van der Waals surface area contributed by atoms with Gasteiger partial charge >= 0.3 is 0 Å². The molecule has 5 N–H and O–H groups in total. The molecule has 1 atom stereocenters. The molecular weight excluding hydrogens is 406 g/mol. The van der Waals surface area contributed by atoms with Crippen LogP contribution >= 0.6 is 0 Å². The zero-order chi connectivity index (χ0) is 23.2. The highest BCUT2D eigenvalue weighted by Gasteiger charge is 2.32. The summed E-state index contributed by atoms with van der Waals surface area (Å²) in [6.45, 7) is 7.01. The van der Waals surface area contributed by atoms with Crippen molar-refractivity contribution in [1.82, 2.24) is 20.9 Å². The zero-order valence-electron chi connectivity index (χ0n) is 19.6. The number of nitrogens with one attached hydrogen (secondary N) is 3. The molecule has 1 aliphatic carbocycles. The first-order valence-electron chi connectivity index (χ1n) is 12.2. The lowest BCUT2D eigenvalue weighted by atomic mass is 9.88. The lowest BCUT2D eigenvalue weighted by molar-refractivity contribution is -0.135. The monoisotopic (exact) mass is 447 g/mol. The van der Waals surface area contributed by atoms with Gasteiger partial charge in [-0.2, -0.15) is 0 Å². The summed E-state index contributed by atoms with van der Waals surface area (Å²) in [7, 11) is 0. The Balaban J connectivity index is 1.45. The van der Waals surface area contributed by atoms with Crippen LogP contribution in [0.3, 0.4) is 0 Å². The molecule has 1 aliphatic heterocycles. The van der Waals surface area contributed by atoms with Crippen LogP contribution in [-0.4, -0.2) is 61.9 Å². The molecule has 2 aliphatic rings. The number of amides is 3. The number of nitrogens with zero attached hydrogens (tertiary/aromatic N) is 1. The first-order chi connectivity index (χ1) is 15.5. The van der Waals surface area contributed by atoms with Crippen LogP contribution in [0.2, 0.25) is 0 Å². The van der Waals surface area contributed by atoms with Crippen molar-refractivity contribution >= 4 is 17.7 Å². The second-order valence-electron chi connectivity index (χ2n) is 8.73. The van der Waals surface area contributed by atoms with E-state index in [1.54, 1.807) is 6.92 Å². The molecule has 0 radical (unpaired) electrons. The van der Waals surface area contributed by atoms with Crippen molar-refractivity contribution in [3.05, 3.63) is 23.4 Å². The van der Waals surface area contributed by atoms with Crippen molar-refractivity contribution in [2.75, 3.05) is 39.3 Å². The van der Waals surface area contributed by atoms with Crippen LogP contribution in [0.4, 0.5) is 0 Å². The van der Waals surface area contributed by atoms with Gasteiger partial charge in [0.25, 0.3) is 11.8 Å². The van der Waals surface area contributed by atoms with E-state index in [-0.39, 0.29) is 17.7 Å². The van der Waals surface area contributed by atoms with E-state index in [9.17, 15) is 14.4 Å². The van der Waals surface area contributed by atoms with Gasteiger partial charge in [-0.3, -0.25) is 14.4 Å². The molecule has 0 aromatic heterocycles. The fraction of sp³-hybridized carbons (Fsp3) is 0.708. The number of carbonyl (C=O) groups is 3. The molecule has 8 heteroatoms. The third-order valence-corrected chi connectivity index (χ3v) is 6.02. The van der Waals surface area contributed by atoms with E-state index in [4.69, 9.17) is 5.73 Å². The summed E-state index contributed by atoms with van der Waals surface area (Å²) < 4.78 is 0. The number of imide groups is 1. The van der Waals surface area contributed by atoms with Crippen molar-refractivity contribution in [3.8, 4) is 0 Å². The summed E-state index contributed by atoms with van der Waals surface area (Å²) in [5, 5.41) is 9.75. The maximum absolute atomic E-state index is 12.1. The molecule has 180 valence electrons. The Hall–Kier alpha value is -2.03. The van der Waals surface area contributed by atoms with Crippen molar-refractivity contribution in [2.24, 2.45) is 11.7 Å². The third kappa shape index (κ3) is 9.22. The predicted octanol–water partition coefficient (Wildman–Crippen LogP) is 1.58. The molecule has 3 amide bonds. The number of rotatable bonds is 16. The van der Waals surface area contributed by atoms with Crippen LogP contribution in [-0.2, 0) is 14.4 Å². The maximum atomic E-state index is 12.1. The minimum Gasteiger partial charge on any atom is -0.356 e. The molecule has 1 heterocycles. The van der Waals surface area contributed by atoms with Gasteiger partial charge in [0.05, 0.1) is 0 Å². The lowest BCUT2D eigenvalue weighted by Crippen LogP contribution is -2.31. The predicted molar refractivity (Wildman–Crippen MR) is 127 cm³/mol. The van der Waals surface area contributed by atoms with E-state index < -0.39 is 0 Å². The van der Waals surface area contributed by atoms with Gasteiger partial charge in [-0.15, -0.1) is 0 Å². The van der Waals surface area contributed by atoms with Gasteiger partial charge < -0.3 is 21.7 Å². The van der Waals surface area contributed by atoms with Gasteiger partial charge in [-0.05, 0) is 96.9 Å². The van der Waals surface area contributed by atoms with Crippen molar-refractivity contribution in [1.29, 1.82) is 0 Å². The maximum Gasteiger partial charge on any atom is 0.260 e. The molecule has 0 saturated heterocycles. The SMILES string of the molecule is CC1=CC(=O)N(C2=CCC(CCCC(=O)NCCCNCCCNCCCN)CC2)C1=O. The molecule has 0 aromatic rings. The Morgan fingerprint density at radius 3 is 2.34 bits per heavy atom. The van der Waals surface area contributed by atoms with E-state index in [0.29, 0.717) is 24.5 Å². The topological polar surface area (TPSA) is 117 Å². The molecule has 8 nitrogen and oxygen atoms in total. The highest BCUT2D eigenvalue weighted by atomic mass is 16.2. The van der Waals surface area contributed by atoms with Gasteiger partial charge in [0.1, 0.15) is 0 Å². The van der Waals surface area contributed by atoms with Crippen LogP contribution in [0.25, 0.3) is 0 Å². The Morgan fingerprint density at radius 1 is 1.06 bits per heavy atom. The van der Waals surface area contributed by atoms with Crippen molar-refractivity contribution in [3.63, 3.8) is 0 Å². The molecule has 0 aromatic carbocycles. The van der Waals surface area contributed by atoms with Gasteiger partial charge in [0.2, 0.25) is 5.91 Å². The van der Waals surface area contributed by atoms with E-state index in [1.165, 1.54) is 11.0 Å². The Kier molecular flexibility index (Phi) is 12.2. The summed E-state index contributed by atoms with van der Waals surface area (Å²) in [6, 6.07) is 0. The molecule has 0 saturated carbocycles. The standard InChI is InChI=1S/C24H41N5O3/c1-19-18-23(31)29(24(19)32)21-10-8-20(9-11-21)6-2-7-22(30)28-17-5-16-27-15-4-14-26-13-3-12-25/h10,18,20,26-27H,2-9,11-17,25H2,1H3,(H,28,30). The quantitative estimate of drug-likeness (QED) is 0.211. The van der Waals surface area contributed by atoms with Crippen LogP contribution in [0.5, 0.6) is 0 Å². The largest absolute Gasteiger partial charge is 0.356 e. The van der Waals surface area contributed by atoms with Crippen LogP contribution in [0.15, 0.2) is 23.4 Å². The molecule has 0 spiro atoms. The molecule has 0 fully saturated rings. The molecule has 32 heavy (non-hydrogen) atoms. The van der Waals surface area contributed by atoms with Crippen LogP contribution in [0, 0.1) is 5.92 Å². The number of hydrogen-bond donors (Lipinski definition) is 4. The van der Waals surface area contributed by atoms with Gasteiger partial charge in [0.15, 0.2) is 0 Å². The van der Waals surface area contributed by atoms with Gasteiger partial charge in [-0.1, -0.05) is 6.08 Å². The minimum absolute atomic E-state index is 0.121. The summed E-state index contributed by atoms with van der Waals surface area (Å²) in [5.41, 5.74) is 6.79. The fourth-order valence-corrected chi connectivity index (χ4v) is 4.10. The summed E-state index contributed by atoms with van der Waals surface area (Å²) in [4.78, 5) is 37.4. The molecular formula is C24H41N5O3. The fourth-order valence-electron chi connectivity index (χ4n) is 4.10. The van der Waals surface area contributed by atoms with E-state index in [1.807, 2.05) is 6.08 Å². The summed E-state index contributed by atoms with van der Waals surface area (Å²) in [6.07, 6.45) is 11.5. The smallest absolute Gasteiger partial charge is 0.260 e. The highest BCUT2D eigenvalue weighted by molar-refractivity contribution is 6.17. The third-order valence-electron chi connectivity index (χ3n) is 6.02. The van der Waals surface area contributed by atoms with Crippen molar-refractivity contribution < 1.29 is 14.4 Å². The number of nitrogens with two attached hydrogens (primary N) is 1. The summed E-state index contributed by atoms with van der Waals surface area (Å²) >= 11 is 0. The lowest BCUT2D eigenvalue weighted by Gasteiger charge is -2.26. The number of allylic oxidation sites excluding steroid dienone is 2. The summed E-state index contributed by atoms with van der Waals surface area (Å²) in [5.74, 6) is 0.222. The average molecular weight is 448 g/mol. The second kappa shape index (κ2) is 14.9. The van der Waals surface area contributed by atoms with E-state index in [2.05, 4.69) is 16.0 Å². The Bertz CT molecular complexity index is 689. The van der Waals surface area contributed by atoms with E-state index >= 15 is 0 Å². The zero-order valence-corrected chi connectivity index (χ0v) is 19.6. The molecule has 2 rings (SSSR count). The Labute approximate surface area is 192 Å². The second-order valence-corrected chi connectivity index (χ2v) is 8.73. The number of carbonyl (C=O) groups excluding carboxylic acids is 3. The van der Waals surface area contributed by atoms with Crippen LogP contribution < -0.4 is 21.7 Å². The van der Waals surface area contributed by atoms with Crippen molar-refractivity contribution in [2.45, 2.75) is 64.7 Å². The minimum atomic E-state index is -0.223. The first-order valence-corrected chi connectivity index (χ1v) is 12.2. The number of hydrogen-bond acceptors (Lipinski definition) is 6. The first kappa shape index (κ1) is 26.2. The average Bonchev–Trinajstić information content (AvgIpc) is 3.04. The van der Waals surface area contributed by atoms with Gasteiger partial charge in [-0.25, -0.2) is 4.90 Å².